The molecule has 0 spiro atoms. The molecule has 1 rings (SSSR count). The molecule has 1 aromatic heterocycles. The van der Waals surface area contributed by atoms with Gasteiger partial charge in [-0.3, -0.25) is 9.78 Å². The van der Waals surface area contributed by atoms with Crippen LogP contribution in [0, 0.1) is 0 Å². The molecule has 22 heavy (non-hydrogen) atoms. The predicted octanol–water partition coefficient (Wildman–Crippen LogP) is 6.36. The lowest BCUT2D eigenvalue weighted by atomic mass is 10.0. The lowest BCUT2D eigenvalue weighted by Crippen LogP contribution is -2.01. The van der Waals surface area contributed by atoms with Crippen molar-refractivity contribution in [2.45, 2.75) is 90.4 Å². The van der Waals surface area contributed by atoms with Crippen molar-refractivity contribution in [3.8, 4) is 0 Å². The molecule has 124 valence electrons. The Morgan fingerprint density at radius 2 is 1.36 bits per heavy atom. The summed E-state index contributed by atoms with van der Waals surface area (Å²) < 4.78 is 0. The molecule has 0 fully saturated rings. The minimum atomic E-state index is 0.188. The number of unbranched alkanes of at least 4 members (excludes halogenated alkanes) is 11. The van der Waals surface area contributed by atoms with Crippen molar-refractivity contribution >= 4 is 5.78 Å². The normalized spacial score (nSPS) is 10.8. The Morgan fingerprint density at radius 1 is 0.818 bits per heavy atom. The number of Topliss-reactive ketones (excluding diaryl/α,β-unsaturated/α-hetero) is 1. The van der Waals surface area contributed by atoms with Gasteiger partial charge in [0.25, 0.3) is 0 Å². The molecule has 0 N–H and O–H groups in total. The molecule has 0 saturated carbocycles. The zero-order valence-electron chi connectivity index (χ0n) is 14.4. The first-order valence-corrected chi connectivity index (χ1v) is 9.29. The molecule has 0 radical (unpaired) electrons. The molecule has 0 aromatic carbocycles. The molecule has 0 unspecified atom stereocenters. The highest BCUT2D eigenvalue weighted by atomic mass is 16.1. The van der Waals surface area contributed by atoms with Crippen LogP contribution in [0.5, 0.6) is 0 Å². The molecule has 0 aliphatic carbocycles. The van der Waals surface area contributed by atoms with Crippen LogP contribution in [0.3, 0.4) is 0 Å². The number of carbonyl (C=O) groups is 1. The summed E-state index contributed by atoms with van der Waals surface area (Å²) in [6, 6.07) is 5.53. The summed E-state index contributed by atoms with van der Waals surface area (Å²) in [5.41, 5.74) is 0.616. The Hall–Kier alpha value is -1.18. The second-order valence-corrected chi connectivity index (χ2v) is 6.28. The molecule has 1 aromatic rings. The second kappa shape index (κ2) is 13.5. The molecule has 0 aliphatic rings. The Labute approximate surface area is 136 Å². The molecule has 0 saturated heterocycles. The minimum Gasteiger partial charge on any atom is -0.292 e. The van der Waals surface area contributed by atoms with Crippen molar-refractivity contribution in [3.05, 3.63) is 30.1 Å². The van der Waals surface area contributed by atoms with Crippen molar-refractivity contribution in [3.63, 3.8) is 0 Å². The second-order valence-electron chi connectivity index (χ2n) is 6.28. The average Bonchev–Trinajstić information content (AvgIpc) is 2.56. The quantitative estimate of drug-likeness (QED) is 0.296. The van der Waals surface area contributed by atoms with Gasteiger partial charge in [-0.1, -0.05) is 83.6 Å². The van der Waals surface area contributed by atoms with Gasteiger partial charge in [0.15, 0.2) is 5.78 Å². The fourth-order valence-corrected chi connectivity index (χ4v) is 2.78. The van der Waals surface area contributed by atoms with E-state index in [0.29, 0.717) is 12.1 Å². The first kappa shape index (κ1) is 18.9. The standard InChI is InChI=1S/C20H33NO/c1-2-3-4-5-6-7-8-9-10-11-12-13-17-20(22)19-16-14-15-18-21-19/h14-16,18H,2-13,17H2,1H3. The van der Waals surface area contributed by atoms with Crippen molar-refractivity contribution in [1.82, 2.24) is 4.98 Å². The van der Waals surface area contributed by atoms with Gasteiger partial charge in [-0.2, -0.15) is 0 Å². The maximum absolute atomic E-state index is 11.9. The van der Waals surface area contributed by atoms with Gasteiger partial charge in [0.05, 0.1) is 0 Å². The third-order valence-corrected chi connectivity index (χ3v) is 4.21. The molecular weight excluding hydrogens is 270 g/mol. The fourth-order valence-electron chi connectivity index (χ4n) is 2.78. The van der Waals surface area contributed by atoms with Crippen molar-refractivity contribution < 1.29 is 4.79 Å². The molecule has 0 aliphatic heterocycles. The monoisotopic (exact) mass is 303 g/mol. The smallest absolute Gasteiger partial charge is 0.181 e. The number of ketones is 1. The lowest BCUT2D eigenvalue weighted by Gasteiger charge is -2.03. The fraction of sp³-hybridized carbons (Fsp3) is 0.700. The number of aromatic nitrogens is 1. The van der Waals surface area contributed by atoms with E-state index in [-0.39, 0.29) is 5.78 Å². The third-order valence-electron chi connectivity index (χ3n) is 4.21. The van der Waals surface area contributed by atoms with E-state index < -0.39 is 0 Å². The molecular formula is C20H33NO. The van der Waals surface area contributed by atoms with E-state index in [0.717, 1.165) is 6.42 Å². The Morgan fingerprint density at radius 3 is 1.86 bits per heavy atom. The first-order valence-electron chi connectivity index (χ1n) is 9.29. The number of hydrogen-bond acceptors (Lipinski definition) is 2. The Bertz CT molecular complexity index is 375. The summed E-state index contributed by atoms with van der Waals surface area (Å²) in [5.74, 6) is 0.188. The summed E-state index contributed by atoms with van der Waals surface area (Å²) in [5, 5.41) is 0. The largest absolute Gasteiger partial charge is 0.292 e. The number of hydrogen-bond donors (Lipinski definition) is 0. The Kier molecular flexibility index (Phi) is 11.6. The van der Waals surface area contributed by atoms with Crippen molar-refractivity contribution in [2.75, 3.05) is 0 Å². The molecule has 2 nitrogen and oxygen atoms in total. The molecule has 0 bridgehead atoms. The molecule has 2 heteroatoms. The van der Waals surface area contributed by atoms with Crippen LogP contribution in [0.2, 0.25) is 0 Å². The van der Waals surface area contributed by atoms with E-state index in [1.54, 1.807) is 6.20 Å². The maximum atomic E-state index is 11.9. The summed E-state index contributed by atoms with van der Waals surface area (Å²) in [6.45, 7) is 2.27. The highest BCUT2D eigenvalue weighted by Gasteiger charge is 2.05. The van der Waals surface area contributed by atoms with Crippen LogP contribution in [0.1, 0.15) is 101 Å². The van der Waals surface area contributed by atoms with Crippen LogP contribution in [0.4, 0.5) is 0 Å². The van der Waals surface area contributed by atoms with E-state index in [2.05, 4.69) is 11.9 Å². The van der Waals surface area contributed by atoms with E-state index in [4.69, 9.17) is 0 Å². The van der Waals surface area contributed by atoms with Crippen LogP contribution in [0.25, 0.3) is 0 Å². The molecule has 1 heterocycles. The molecule has 0 atom stereocenters. The van der Waals surface area contributed by atoms with Gasteiger partial charge in [0.1, 0.15) is 5.69 Å². The van der Waals surface area contributed by atoms with Crippen LogP contribution >= 0.6 is 0 Å². The Balaban J connectivity index is 1.85. The summed E-state index contributed by atoms with van der Waals surface area (Å²) in [6.07, 6.45) is 18.3. The number of rotatable bonds is 14. The predicted molar refractivity (Wildman–Crippen MR) is 94.3 cm³/mol. The van der Waals surface area contributed by atoms with Gasteiger partial charge in [0.2, 0.25) is 0 Å². The van der Waals surface area contributed by atoms with Gasteiger partial charge in [-0.05, 0) is 18.6 Å². The van der Waals surface area contributed by atoms with Gasteiger partial charge < -0.3 is 0 Å². The van der Waals surface area contributed by atoms with Gasteiger partial charge >= 0.3 is 0 Å². The van der Waals surface area contributed by atoms with Crippen molar-refractivity contribution in [2.24, 2.45) is 0 Å². The SMILES string of the molecule is CCCCCCCCCCCCCCC(=O)c1ccccn1. The van der Waals surface area contributed by atoms with E-state index >= 15 is 0 Å². The van der Waals surface area contributed by atoms with Gasteiger partial charge in [-0.25, -0.2) is 0 Å². The van der Waals surface area contributed by atoms with Crippen LogP contribution in [-0.2, 0) is 0 Å². The van der Waals surface area contributed by atoms with E-state index in [1.807, 2.05) is 18.2 Å². The number of carbonyl (C=O) groups excluding carboxylic acids is 1. The average molecular weight is 303 g/mol. The zero-order chi connectivity index (χ0) is 15.9. The van der Waals surface area contributed by atoms with Crippen molar-refractivity contribution in [1.29, 1.82) is 0 Å². The zero-order valence-corrected chi connectivity index (χ0v) is 14.4. The summed E-state index contributed by atoms with van der Waals surface area (Å²) in [4.78, 5) is 16.0. The highest BCUT2D eigenvalue weighted by molar-refractivity contribution is 5.94. The number of nitrogens with zero attached hydrogens (tertiary/aromatic N) is 1. The van der Waals surface area contributed by atoms with Crippen LogP contribution in [0.15, 0.2) is 24.4 Å². The van der Waals surface area contributed by atoms with E-state index in [1.165, 1.54) is 70.6 Å². The topological polar surface area (TPSA) is 30.0 Å². The van der Waals surface area contributed by atoms with Crippen LogP contribution < -0.4 is 0 Å². The molecule has 0 amide bonds. The summed E-state index contributed by atoms with van der Waals surface area (Å²) >= 11 is 0. The maximum Gasteiger partial charge on any atom is 0.181 e. The van der Waals surface area contributed by atoms with Gasteiger partial charge in [0, 0.05) is 12.6 Å². The third kappa shape index (κ3) is 9.70. The van der Waals surface area contributed by atoms with Gasteiger partial charge in [-0.15, -0.1) is 0 Å². The summed E-state index contributed by atoms with van der Waals surface area (Å²) in [7, 11) is 0. The lowest BCUT2D eigenvalue weighted by molar-refractivity contribution is 0.0974. The number of pyridine rings is 1. The highest BCUT2D eigenvalue weighted by Crippen LogP contribution is 2.13. The van der Waals surface area contributed by atoms with E-state index in [9.17, 15) is 4.79 Å². The minimum absolute atomic E-state index is 0.188. The van der Waals surface area contributed by atoms with Crippen LogP contribution in [-0.4, -0.2) is 10.8 Å². The first-order chi connectivity index (χ1) is 10.8.